The van der Waals surface area contributed by atoms with Crippen LogP contribution in [0.4, 0.5) is 11.6 Å². The summed E-state index contributed by atoms with van der Waals surface area (Å²) in [5.41, 5.74) is 4.79. The zero-order chi connectivity index (χ0) is 22.4. The number of para-hydroxylation sites is 2. The molecule has 2 aliphatic heterocycles. The first-order valence-electron chi connectivity index (χ1n) is 11.6. The van der Waals surface area contributed by atoms with E-state index in [-0.39, 0.29) is 6.10 Å². The third-order valence-corrected chi connectivity index (χ3v) is 6.46. The molecular formula is C24H27N7O2. The normalized spacial score (nSPS) is 19.6. The summed E-state index contributed by atoms with van der Waals surface area (Å²) in [6.45, 7) is 4.86. The summed E-state index contributed by atoms with van der Waals surface area (Å²) < 4.78 is 7.38. The van der Waals surface area contributed by atoms with Crippen LogP contribution in [0.3, 0.4) is 0 Å². The van der Waals surface area contributed by atoms with Crippen LogP contribution >= 0.6 is 0 Å². The Morgan fingerprint density at radius 1 is 1.03 bits per heavy atom. The number of benzene rings is 1. The van der Waals surface area contributed by atoms with E-state index in [2.05, 4.69) is 10.2 Å². The van der Waals surface area contributed by atoms with Gasteiger partial charge in [-0.2, -0.15) is 9.61 Å². The lowest BCUT2D eigenvalue weighted by atomic mass is 10.1. The van der Waals surface area contributed by atoms with Crippen molar-refractivity contribution < 1.29 is 9.84 Å². The van der Waals surface area contributed by atoms with Crippen LogP contribution in [0.15, 0.2) is 36.4 Å². The molecule has 1 atom stereocenters. The van der Waals surface area contributed by atoms with Gasteiger partial charge in [-0.15, -0.1) is 0 Å². The Morgan fingerprint density at radius 3 is 2.58 bits per heavy atom. The van der Waals surface area contributed by atoms with E-state index < -0.39 is 0 Å². The molecule has 9 nitrogen and oxygen atoms in total. The van der Waals surface area contributed by atoms with E-state index in [1.165, 1.54) is 0 Å². The molecule has 2 saturated heterocycles. The minimum atomic E-state index is -0.314. The van der Waals surface area contributed by atoms with Crippen LogP contribution < -0.4 is 10.2 Å². The number of anilines is 2. The molecule has 0 saturated carbocycles. The SMILES string of the molecule is Cc1nc2ccccc2nc1-c1cc2nc(N3CC[C@H](O)C3)cc(NC3CCOCC3)n2n1. The highest BCUT2D eigenvalue weighted by Crippen LogP contribution is 2.28. The van der Waals surface area contributed by atoms with Crippen molar-refractivity contribution in [1.82, 2.24) is 24.6 Å². The predicted molar refractivity (Wildman–Crippen MR) is 127 cm³/mol. The second kappa shape index (κ2) is 8.24. The van der Waals surface area contributed by atoms with Crippen LogP contribution in [-0.2, 0) is 4.74 Å². The molecule has 0 radical (unpaired) electrons. The number of nitrogens with one attached hydrogen (secondary N) is 1. The maximum Gasteiger partial charge on any atom is 0.160 e. The summed E-state index contributed by atoms with van der Waals surface area (Å²) in [6, 6.07) is 12.2. The summed E-state index contributed by atoms with van der Waals surface area (Å²) in [5, 5.41) is 18.6. The fourth-order valence-corrected chi connectivity index (χ4v) is 4.67. The zero-order valence-corrected chi connectivity index (χ0v) is 18.6. The summed E-state index contributed by atoms with van der Waals surface area (Å²) >= 11 is 0. The van der Waals surface area contributed by atoms with E-state index in [1.807, 2.05) is 47.8 Å². The Bertz CT molecular complexity index is 1320. The van der Waals surface area contributed by atoms with Crippen molar-refractivity contribution in [3.63, 3.8) is 0 Å². The maximum absolute atomic E-state index is 10.0. The van der Waals surface area contributed by atoms with Gasteiger partial charge in [0, 0.05) is 44.5 Å². The monoisotopic (exact) mass is 445 g/mol. The van der Waals surface area contributed by atoms with Crippen molar-refractivity contribution in [2.24, 2.45) is 0 Å². The molecule has 0 bridgehead atoms. The van der Waals surface area contributed by atoms with E-state index in [4.69, 9.17) is 24.8 Å². The number of aryl methyl sites for hydroxylation is 1. The Hall–Kier alpha value is -3.30. The summed E-state index contributed by atoms with van der Waals surface area (Å²) in [7, 11) is 0. The number of hydrogen-bond donors (Lipinski definition) is 2. The molecule has 6 rings (SSSR count). The van der Waals surface area contributed by atoms with Crippen molar-refractivity contribution in [3.8, 4) is 11.4 Å². The maximum atomic E-state index is 10.0. The highest BCUT2D eigenvalue weighted by molar-refractivity contribution is 5.78. The van der Waals surface area contributed by atoms with Gasteiger partial charge in [-0.25, -0.2) is 15.0 Å². The number of β-amino-alcohol motifs (C(OH)–C–C–N with tert-alkyl or cyclic N) is 1. The lowest BCUT2D eigenvalue weighted by Gasteiger charge is -2.25. The molecule has 33 heavy (non-hydrogen) atoms. The molecule has 1 aromatic carbocycles. The number of aliphatic hydroxyl groups excluding tert-OH is 1. The highest BCUT2D eigenvalue weighted by atomic mass is 16.5. The minimum Gasteiger partial charge on any atom is -0.391 e. The molecule has 0 spiro atoms. The van der Waals surface area contributed by atoms with Gasteiger partial charge in [0.25, 0.3) is 0 Å². The molecular weight excluding hydrogens is 418 g/mol. The van der Waals surface area contributed by atoms with Crippen LogP contribution in [0.2, 0.25) is 0 Å². The summed E-state index contributed by atoms with van der Waals surface area (Å²) in [5.74, 6) is 1.74. The molecule has 5 heterocycles. The highest BCUT2D eigenvalue weighted by Gasteiger charge is 2.24. The average Bonchev–Trinajstić information content (AvgIpc) is 3.45. The minimum absolute atomic E-state index is 0.314. The predicted octanol–water partition coefficient (Wildman–Crippen LogP) is 2.81. The van der Waals surface area contributed by atoms with Gasteiger partial charge < -0.3 is 20.1 Å². The van der Waals surface area contributed by atoms with Gasteiger partial charge in [-0.05, 0) is 38.3 Å². The van der Waals surface area contributed by atoms with Crippen LogP contribution in [0.5, 0.6) is 0 Å². The molecule has 3 aromatic heterocycles. The molecule has 9 heteroatoms. The lowest BCUT2D eigenvalue weighted by Crippen LogP contribution is -2.29. The molecule has 2 aliphatic rings. The van der Waals surface area contributed by atoms with Crippen molar-refractivity contribution >= 4 is 28.3 Å². The number of ether oxygens (including phenoxy) is 1. The number of nitrogens with zero attached hydrogens (tertiary/aromatic N) is 6. The third kappa shape index (κ3) is 3.87. The molecule has 170 valence electrons. The van der Waals surface area contributed by atoms with Crippen molar-refractivity contribution in [3.05, 3.63) is 42.1 Å². The number of aromatic nitrogens is 5. The topological polar surface area (TPSA) is 101 Å². The first-order chi connectivity index (χ1) is 16.1. The Kier molecular flexibility index (Phi) is 5.07. The van der Waals surface area contributed by atoms with Gasteiger partial charge in [0.2, 0.25) is 0 Å². The van der Waals surface area contributed by atoms with Gasteiger partial charge in [0.05, 0.1) is 22.8 Å². The molecule has 0 unspecified atom stereocenters. The van der Waals surface area contributed by atoms with Crippen LogP contribution in [0, 0.1) is 6.92 Å². The Labute approximate surface area is 191 Å². The molecule has 0 aliphatic carbocycles. The van der Waals surface area contributed by atoms with Crippen LogP contribution in [0.1, 0.15) is 25.0 Å². The van der Waals surface area contributed by atoms with E-state index in [9.17, 15) is 5.11 Å². The smallest absolute Gasteiger partial charge is 0.160 e. The van der Waals surface area contributed by atoms with E-state index in [1.54, 1.807) is 0 Å². The van der Waals surface area contributed by atoms with Crippen LogP contribution in [-0.4, -0.2) is 68.1 Å². The number of rotatable bonds is 4. The van der Waals surface area contributed by atoms with Gasteiger partial charge in [0.1, 0.15) is 23.0 Å². The first kappa shape index (κ1) is 20.3. The second-order valence-electron chi connectivity index (χ2n) is 8.86. The van der Waals surface area contributed by atoms with Gasteiger partial charge in [-0.1, -0.05) is 12.1 Å². The molecule has 0 amide bonds. The van der Waals surface area contributed by atoms with Gasteiger partial charge in [-0.3, -0.25) is 0 Å². The zero-order valence-electron chi connectivity index (χ0n) is 18.6. The summed E-state index contributed by atoms with van der Waals surface area (Å²) in [6.07, 6.45) is 2.34. The number of hydrogen-bond acceptors (Lipinski definition) is 8. The van der Waals surface area contributed by atoms with Crippen molar-refractivity contribution in [2.45, 2.75) is 38.3 Å². The molecule has 2 fully saturated rings. The molecule has 4 aromatic rings. The number of fused-ring (bicyclic) bond motifs is 2. The fraction of sp³-hybridized carbons (Fsp3) is 0.417. The Balaban J connectivity index is 1.45. The third-order valence-electron chi connectivity index (χ3n) is 6.46. The van der Waals surface area contributed by atoms with Gasteiger partial charge in [0.15, 0.2) is 5.65 Å². The van der Waals surface area contributed by atoms with Crippen molar-refractivity contribution in [2.75, 3.05) is 36.5 Å². The molecule has 2 N–H and O–H groups in total. The Morgan fingerprint density at radius 2 is 1.82 bits per heavy atom. The first-order valence-corrected chi connectivity index (χ1v) is 11.6. The van der Waals surface area contributed by atoms with E-state index in [0.717, 1.165) is 84.4 Å². The lowest BCUT2D eigenvalue weighted by molar-refractivity contribution is 0.0903. The van der Waals surface area contributed by atoms with Gasteiger partial charge >= 0.3 is 0 Å². The quantitative estimate of drug-likeness (QED) is 0.495. The van der Waals surface area contributed by atoms with Crippen LogP contribution in [0.25, 0.3) is 28.1 Å². The number of aliphatic hydroxyl groups is 1. The van der Waals surface area contributed by atoms with E-state index in [0.29, 0.717) is 12.6 Å². The standard InChI is InChI=1S/C24H27N7O2/c1-15-24(27-19-5-3-2-4-18(19)25-15)20-12-22-28-21(30-9-6-17(32)14-30)13-23(31(22)29-20)26-16-7-10-33-11-8-16/h2-5,12-13,16-17,26,32H,6-11,14H2,1H3/t17-/m0/s1. The average molecular weight is 446 g/mol. The largest absolute Gasteiger partial charge is 0.391 e. The van der Waals surface area contributed by atoms with E-state index >= 15 is 0 Å². The summed E-state index contributed by atoms with van der Waals surface area (Å²) in [4.78, 5) is 16.6. The fourth-order valence-electron chi connectivity index (χ4n) is 4.67. The van der Waals surface area contributed by atoms with Crippen molar-refractivity contribution in [1.29, 1.82) is 0 Å². The second-order valence-corrected chi connectivity index (χ2v) is 8.86.